The maximum atomic E-state index is 14.0. The molecule has 25 heavy (non-hydrogen) atoms. The molecule has 1 aliphatic rings. The summed E-state index contributed by atoms with van der Waals surface area (Å²) >= 11 is 3.21. The lowest BCUT2D eigenvalue weighted by Gasteiger charge is -2.17. The van der Waals surface area contributed by atoms with Crippen LogP contribution in [0.25, 0.3) is 0 Å². The van der Waals surface area contributed by atoms with Crippen LogP contribution in [0.1, 0.15) is 35.3 Å². The Morgan fingerprint density at radius 2 is 2.12 bits per heavy atom. The van der Waals surface area contributed by atoms with Crippen LogP contribution < -0.4 is 4.74 Å². The number of hydrogen-bond acceptors (Lipinski definition) is 3. The van der Waals surface area contributed by atoms with Crippen LogP contribution in [0.4, 0.5) is 8.78 Å². The van der Waals surface area contributed by atoms with Gasteiger partial charge >= 0.3 is 0 Å². The molecule has 2 heterocycles. The molecule has 2 aromatic rings. The maximum Gasteiger partial charge on any atom is 0.260 e. The van der Waals surface area contributed by atoms with Crippen molar-refractivity contribution in [2.24, 2.45) is 0 Å². The monoisotopic (exact) mass is 410 g/mol. The fraction of sp³-hybridized carbons (Fsp3) is 0.333. The van der Waals surface area contributed by atoms with E-state index in [1.165, 1.54) is 31.0 Å². The highest BCUT2D eigenvalue weighted by atomic mass is 79.9. The molecule has 1 aromatic heterocycles. The van der Waals surface area contributed by atoms with Crippen LogP contribution in [0.2, 0.25) is 0 Å². The SMILES string of the molecule is CC(C)(F)COc1nccc2c1C(=O)N(Cc1ccc(Br)cc1F)C2. The largest absolute Gasteiger partial charge is 0.474 e. The van der Waals surface area contributed by atoms with Gasteiger partial charge in [-0.25, -0.2) is 13.8 Å². The van der Waals surface area contributed by atoms with Crippen molar-refractivity contribution in [1.29, 1.82) is 0 Å². The summed E-state index contributed by atoms with van der Waals surface area (Å²) in [4.78, 5) is 18.3. The van der Waals surface area contributed by atoms with Gasteiger partial charge in [0.15, 0.2) is 0 Å². The number of nitrogens with zero attached hydrogens (tertiary/aromatic N) is 2. The summed E-state index contributed by atoms with van der Waals surface area (Å²) in [6.07, 6.45) is 1.52. The van der Waals surface area contributed by atoms with Gasteiger partial charge in [-0.2, -0.15) is 0 Å². The molecular weight excluding hydrogens is 394 g/mol. The number of halogens is 3. The molecule has 132 valence electrons. The molecule has 0 fully saturated rings. The molecule has 1 amide bonds. The van der Waals surface area contributed by atoms with Crippen molar-refractivity contribution >= 4 is 21.8 Å². The summed E-state index contributed by atoms with van der Waals surface area (Å²) in [5.74, 6) is -0.559. The minimum absolute atomic E-state index is 0.118. The standard InChI is InChI=1S/C18H17BrF2N2O2/c1-18(2,21)10-25-16-15-12(5-6-22-16)9-23(17(15)24)8-11-3-4-13(19)7-14(11)20/h3-7H,8-10H2,1-2H3. The second-order valence-corrected chi connectivity index (χ2v) is 7.47. The molecule has 4 nitrogen and oxygen atoms in total. The highest BCUT2D eigenvalue weighted by Crippen LogP contribution is 2.31. The summed E-state index contributed by atoms with van der Waals surface area (Å²) in [5, 5.41) is 0. The summed E-state index contributed by atoms with van der Waals surface area (Å²) in [6, 6.07) is 6.45. The zero-order valence-electron chi connectivity index (χ0n) is 13.9. The van der Waals surface area contributed by atoms with Crippen molar-refractivity contribution in [1.82, 2.24) is 9.88 Å². The number of carbonyl (C=O) groups excluding carboxylic acids is 1. The van der Waals surface area contributed by atoms with E-state index < -0.39 is 5.67 Å². The molecule has 0 saturated carbocycles. The second kappa shape index (κ2) is 6.71. The van der Waals surface area contributed by atoms with E-state index in [9.17, 15) is 13.6 Å². The van der Waals surface area contributed by atoms with Gasteiger partial charge in [-0.15, -0.1) is 0 Å². The maximum absolute atomic E-state index is 14.0. The van der Waals surface area contributed by atoms with E-state index >= 15 is 0 Å². The zero-order valence-corrected chi connectivity index (χ0v) is 15.4. The fourth-order valence-corrected chi connectivity index (χ4v) is 2.94. The molecule has 0 bridgehead atoms. The quantitative estimate of drug-likeness (QED) is 0.738. The van der Waals surface area contributed by atoms with Crippen molar-refractivity contribution in [3.63, 3.8) is 0 Å². The van der Waals surface area contributed by atoms with Gasteiger partial charge in [-0.05, 0) is 37.6 Å². The third-order valence-corrected chi connectivity index (χ3v) is 4.29. The Morgan fingerprint density at radius 1 is 1.36 bits per heavy atom. The Bertz CT molecular complexity index is 821. The van der Waals surface area contributed by atoms with E-state index in [0.29, 0.717) is 22.1 Å². The first-order chi connectivity index (χ1) is 11.7. The summed E-state index contributed by atoms with van der Waals surface area (Å²) in [5.41, 5.74) is -0.0510. The second-order valence-electron chi connectivity index (χ2n) is 6.55. The first kappa shape index (κ1) is 17.8. The molecule has 3 rings (SSSR count). The zero-order chi connectivity index (χ0) is 18.2. The Balaban J connectivity index is 1.81. The van der Waals surface area contributed by atoms with Gasteiger partial charge in [0.2, 0.25) is 5.88 Å². The average molecular weight is 411 g/mol. The third-order valence-electron chi connectivity index (χ3n) is 3.79. The van der Waals surface area contributed by atoms with Crippen LogP contribution in [0.3, 0.4) is 0 Å². The lowest BCUT2D eigenvalue weighted by Crippen LogP contribution is -2.26. The van der Waals surface area contributed by atoms with Crippen molar-refractivity contribution in [3.8, 4) is 5.88 Å². The number of benzene rings is 1. The summed E-state index contributed by atoms with van der Waals surface area (Å²) in [6.45, 7) is 3.05. The van der Waals surface area contributed by atoms with Crippen LogP contribution in [0, 0.1) is 5.82 Å². The number of amides is 1. The highest BCUT2D eigenvalue weighted by molar-refractivity contribution is 9.10. The third kappa shape index (κ3) is 3.98. The van der Waals surface area contributed by atoms with E-state index in [4.69, 9.17) is 4.74 Å². The van der Waals surface area contributed by atoms with Crippen LogP contribution in [-0.4, -0.2) is 28.1 Å². The Labute approximate surface area is 152 Å². The fourth-order valence-electron chi connectivity index (χ4n) is 2.61. The molecular formula is C18H17BrF2N2O2. The van der Waals surface area contributed by atoms with Gasteiger partial charge in [0.25, 0.3) is 5.91 Å². The lowest BCUT2D eigenvalue weighted by atomic mass is 10.1. The van der Waals surface area contributed by atoms with Gasteiger partial charge in [0, 0.05) is 29.3 Å². The smallest absolute Gasteiger partial charge is 0.260 e. The van der Waals surface area contributed by atoms with Crippen LogP contribution in [0.5, 0.6) is 5.88 Å². The molecule has 0 unspecified atom stereocenters. The minimum Gasteiger partial charge on any atom is -0.474 e. The van der Waals surface area contributed by atoms with E-state index in [0.717, 1.165) is 5.56 Å². The number of rotatable bonds is 5. The molecule has 0 saturated heterocycles. The average Bonchev–Trinajstić information content (AvgIpc) is 2.84. The number of alkyl halides is 1. The van der Waals surface area contributed by atoms with E-state index in [2.05, 4.69) is 20.9 Å². The molecule has 1 aromatic carbocycles. The predicted octanol–water partition coefficient (Wildman–Crippen LogP) is 4.27. The number of carbonyl (C=O) groups is 1. The van der Waals surface area contributed by atoms with E-state index in [1.54, 1.807) is 18.2 Å². The molecule has 0 spiro atoms. The van der Waals surface area contributed by atoms with Crippen LogP contribution in [0.15, 0.2) is 34.9 Å². The van der Waals surface area contributed by atoms with Gasteiger partial charge in [-0.3, -0.25) is 4.79 Å². The van der Waals surface area contributed by atoms with E-state index in [1.807, 2.05) is 0 Å². The van der Waals surface area contributed by atoms with Gasteiger partial charge in [-0.1, -0.05) is 22.0 Å². The van der Waals surface area contributed by atoms with Crippen molar-refractivity contribution in [2.75, 3.05) is 6.61 Å². The summed E-state index contributed by atoms with van der Waals surface area (Å²) in [7, 11) is 0. The summed E-state index contributed by atoms with van der Waals surface area (Å²) < 4.78 is 33.8. The number of aromatic nitrogens is 1. The number of hydrogen-bond donors (Lipinski definition) is 0. The molecule has 0 atom stereocenters. The van der Waals surface area contributed by atoms with Crippen molar-refractivity contribution < 1.29 is 18.3 Å². The Hall–Kier alpha value is -2.02. The van der Waals surface area contributed by atoms with Gasteiger partial charge < -0.3 is 9.64 Å². The molecule has 0 aliphatic carbocycles. The minimum atomic E-state index is -1.54. The van der Waals surface area contributed by atoms with E-state index in [-0.39, 0.29) is 30.8 Å². The molecule has 0 N–H and O–H groups in total. The van der Waals surface area contributed by atoms with Crippen molar-refractivity contribution in [3.05, 3.63) is 57.4 Å². The molecule has 0 radical (unpaired) electrons. The topological polar surface area (TPSA) is 42.4 Å². The predicted molar refractivity (Wildman–Crippen MR) is 92.6 cm³/mol. The van der Waals surface area contributed by atoms with Gasteiger partial charge in [0.05, 0.1) is 0 Å². The Kier molecular flexibility index (Phi) is 4.77. The number of ether oxygens (including phenoxy) is 1. The lowest BCUT2D eigenvalue weighted by molar-refractivity contribution is 0.0753. The molecule has 1 aliphatic heterocycles. The van der Waals surface area contributed by atoms with Gasteiger partial charge in [0.1, 0.15) is 23.7 Å². The normalized spacial score (nSPS) is 14.0. The van der Waals surface area contributed by atoms with Crippen LogP contribution in [-0.2, 0) is 13.1 Å². The number of pyridine rings is 1. The molecule has 7 heteroatoms. The first-order valence-electron chi connectivity index (χ1n) is 7.77. The highest BCUT2D eigenvalue weighted by Gasteiger charge is 2.32. The Morgan fingerprint density at radius 3 is 2.80 bits per heavy atom. The first-order valence-corrected chi connectivity index (χ1v) is 8.57. The van der Waals surface area contributed by atoms with Crippen molar-refractivity contribution in [2.45, 2.75) is 32.6 Å². The van der Waals surface area contributed by atoms with Crippen LogP contribution >= 0.6 is 15.9 Å². The number of fused-ring (bicyclic) bond motifs is 1.